The van der Waals surface area contributed by atoms with Crippen LogP contribution in [0.25, 0.3) is 0 Å². The summed E-state index contributed by atoms with van der Waals surface area (Å²) in [5.74, 6) is -3.74. The Kier molecular flexibility index (Phi) is 5.25. The van der Waals surface area contributed by atoms with E-state index >= 15 is 0 Å². The molecule has 0 aromatic heterocycles. The smallest absolute Gasteiger partial charge is 0.228 e. The maximum absolute atomic E-state index is 13.5. The fraction of sp³-hybridized carbons (Fsp3) is 0.263. The third-order valence-corrected chi connectivity index (χ3v) is 4.30. The van der Waals surface area contributed by atoms with Crippen LogP contribution in [0.15, 0.2) is 42.5 Å². The summed E-state index contributed by atoms with van der Waals surface area (Å²) in [6.45, 7) is 0.261. The van der Waals surface area contributed by atoms with Gasteiger partial charge < -0.3 is 10.6 Å². The Bertz CT molecular complexity index is 841. The average molecular weight is 362 g/mol. The van der Waals surface area contributed by atoms with Crippen molar-refractivity contribution in [2.45, 2.75) is 12.8 Å². The first-order chi connectivity index (χ1) is 12.5. The van der Waals surface area contributed by atoms with Gasteiger partial charge in [-0.15, -0.1) is 0 Å². The molecule has 0 spiro atoms. The Labute approximate surface area is 148 Å². The molecule has 1 aliphatic rings. The highest BCUT2D eigenvalue weighted by atomic mass is 19.1. The zero-order chi connectivity index (χ0) is 18.7. The van der Waals surface area contributed by atoms with Crippen molar-refractivity contribution in [3.8, 4) is 0 Å². The van der Waals surface area contributed by atoms with Gasteiger partial charge >= 0.3 is 0 Å². The predicted molar refractivity (Wildman–Crippen MR) is 89.7 cm³/mol. The molecular formula is C19H17F3N2O2. The normalized spacial score (nSPS) is 18.3. The molecule has 2 amide bonds. The van der Waals surface area contributed by atoms with E-state index in [0.717, 1.165) is 12.1 Å². The van der Waals surface area contributed by atoms with Crippen molar-refractivity contribution in [2.24, 2.45) is 11.8 Å². The number of rotatable bonds is 6. The van der Waals surface area contributed by atoms with E-state index < -0.39 is 29.4 Å². The molecule has 0 radical (unpaired) electrons. The van der Waals surface area contributed by atoms with Gasteiger partial charge in [0.1, 0.15) is 17.5 Å². The van der Waals surface area contributed by atoms with Gasteiger partial charge in [-0.3, -0.25) is 9.59 Å². The number of hydrogen-bond acceptors (Lipinski definition) is 2. The minimum atomic E-state index is -0.870. The van der Waals surface area contributed by atoms with Crippen LogP contribution in [-0.2, 0) is 16.0 Å². The molecule has 2 unspecified atom stereocenters. The lowest BCUT2D eigenvalue weighted by atomic mass is 10.1. The van der Waals surface area contributed by atoms with Crippen LogP contribution in [0.2, 0.25) is 0 Å². The molecule has 4 nitrogen and oxygen atoms in total. The Hall–Kier alpha value is -2.83. The van der Waals surface area contributed by atoms with Crippen LogP contribution in [0.1, 0.15) is 12.0 Å². The number of hydrogen-bond donors (Lipinski definition) is 2. The molecular weight excluding hydrogens is 345 g/mol. The van der Waals surface area contributed by atoms with Crippen molar-refractivity contribution in [1.82, 2.24) is 5.32 Å². The quantitative estimate of drug-likeness (QED) is 0.830. The standard InChI is InChI=1S/C19H17F3N2O2/c20-12-5-6-17(16(22)9-12)24-19(26)14-10-13(14)18(25)23-8-7-11-3-1-2-4-15(11)21/h1-6,9,13-14H,7-8,10H2,(H,23,25)(H,24,26). The Balaban J connectivity index is 1.46. The first-order valence-electron chi connectivity index (χ1n) is 8.22. The molecule has 0 aliphatic heterocycles. The minimum Gasteiger partial charge on any atom is -0.356 e. The lowest BCUT2D eigenvalue weighted by Gasteiger charge is -2.07. The maximum Gasteiger partial charge on any atom is 0.228 e. The van der Waals surface area contributed by atoms with Gasteiger partial charge in [-0.1, -0.05) is 18.2 Å². The second kappa shape index (κ2) is 7.59. The highest BCUT2D eigenvalue weighted by Crippen LogP contribution is 2.39. The van der Waals surface area contributed by atoms with Crippen LogP contribution in [0.5, 0.6) is 0 Å². The van der Waals surface area contributed by atoms with Crippen molar-refractivity contribution in [3.63, 3.8) is 0 Å². The SMILES string of the molecule is O=C(NCCc1ccccc1F)C1CC1C(=O)Nc1ccc(F)cc1F. The molecule has 3 rings (SSSR count). The van der Waals surface area contributed by atoms with E-state index in [9.17, 15) is 22.8 Å². The van der Waals surface area contributed by atoms with Gasteiger partial charge in [0.25, 0.3) is 0 Å². The summed E-state index contributed by atoms with van der Waals surface area (Å²) in [5, 5.41) is 5.04. The first kappa shape index (κ1) is 18.0. The summed E-state index contributed by atoms with van der Waals surface area (Å²) in [6, 6.07) is 9.16. The fourth-order valence-corrected chi connectivity index (χ4v) is 2.74. The molecule has 2 N–H and O–H groups in total. The van der Waals surface area contributed by atoms with Gasteiger partial charge in [0.05, 0.1) is 17.5 Å². The fourth-order valence-electron chi connectivity index (χ4n) is 2.74. The molecule has 136 valence electrons. The van der Waals surface area contributed by atoms with Crippen molar-refractivity contribution >= 4 is 17.5 Å². The second-order valence-electron chi connectivity index (χ2n) is 6.19. The van der Waals surface area contributed by atoms with Crippen LogP contribution in [-0.4, -0.2) is 18.4 Å². The Morgan fingerprint density at radius 1 is 0.962 bits per heavy atom. The second-order valence-corrected chi connectivity index (χ2v) is 6.19. The molecule has 1 fully saturated rings. The monoisotopic (exact) mass is 362 g/mol. The molecule has 0 bridgehead atoms. The number of carbonyl (C=O) groups is 2. The van der Waals surface area contributed by atoms with Gasteiger partial charge in [-0.05, 0) is 36.6 Å². The zero-order valence-corrected chi connectivity index (χ0v) is 13.8. The summed E-state index contributed by atoms with van der Waals surface area (Å²) in [4.78, 5) is 24.1. The summed E-state index contributed by atoms with van der Waals surface area (Å²) >= 11 is 0. The number of amides is 2. The molecule has 1 aliphatic carbocycles. The van der Waals surface area contributed by atoms with E-state index in [1.54, 1.807) is 18.2 Å². The van der Waals surface area contributed by atoms with E-state index in [4.69, 9.17) is 0 Å². The number of nitrogens with one attached hydrogen (secondary N) is 2. The molecule has 2 aromatic carbocycles. The molecule has 2 aromatic rings. The third-order valence-electron chi connectivity index (χ3n) is 4.30. The van der Waals surface area contributed by atoms with Crippen molar-refractivity contribution in [2.75, 3.05) is 11.9 Å². The highest BCUT2D eigenvalue weighted by Gasteiger charge is 2.48. The number of halogens is 3. The zero-order valence-electron chi connectivity index (χ0n) is 13.8. The Morgan fingerprint density at radius 3 is 2.42 bits per heavy atom. The van der Waals surface area contributed by atoms with Gasteiger partial charge in [-0.25, -0.2) is 13.2 Å². The molecule has 2 atom stereocenters. The number of anilines is 1. The van der Waals surface area contributed by atoms with Gasteiger partial charge in [0.2, 0.25) is 11.8 Å². The lowest BCUT2D eigenvalue weighted by molar-refractivity contribution is -0.125. The number of benzene rings is 2. The molecule has 26 heavy (non-hydrogen) atoms. The molecule has 1 saturated carbocycles. The predicted octanol–water partition coefficient (Wildman–Crippen LogP) is 3.04. The van der Waals surface area contributed by atoms with E-state index in [2.05, 4.69) is 10.6 Å². The van der Waals surface area contributed by atoms with Crippen LogP contribution < -0.4 is 10.6 Å². The molecule has 7 heteroatoms. The minimum absolute atomic E-state index is 0.123. The van der Waals surface area contributed by atoms with Crippen LogP contribution >= 0.6 is 0 Å². The molecule has 0 saturated heterocycles. The van der Waals surface area contributed by atoms with Crippen LogP contribution in [0.4, 0.5) is 18.9 Å². The summed E-state index contributed by atoms with van der Waals surface area (Å²) in [5.41, 5.74) is 0.381. The van der Waals surface area contributed by atoms with Gasteiger partial charge in [0, 0.05) is 12.6 Å². The lowest BCUT2D eigenvalue weighted by Crippen LogP contribution is -2.29. The van der Waals surface area contributed by atoms with E-state index in [-0.39, 0.29) is 24.0 Å². The van der Waals surface area contributed by atoms with Crippen molar-refractivity contribution in [1.29, 1.82) is 0 Å². The summed E-state index contributed by atoms with van der Waals surface area (Å²) in [7, 11) is 0. The van der Waals surface area contributed by atoms with Gasteiger partial charge in [0.15, 0.2) is 0 Å². The van der Waals surface area contributed by atoms with E-state index in [1.165, 1.54) is 6.07 Å². The van der Waals surface area contributed by atoms with Crippen LogP contribution in [0, 0.1) is 29.3 Å². The third kappa shape index (κ3) is 4.22. The Morgan fingerprint density at radius 2 is 1.69 bits per heavy atom. The van der Waals surface area contributed by atoms with Crippen molar-refractivity contribution in [3.05, 3.63) is 65.5 Å². The van der Waals surface area contributed by atoms with E-state index in [1.807, 2.05) is 0 Å². The van der Waals surface area contributed by atoms with E-state index in [0.29, 0.717) is 24.5 Å². The maximum atomic E-state index is 13.5. The largest absolute Gasteiger partial charge is 0.356 e. The number of carbonyl (C=O) groups excluding carboxylic acids is 2. The van der Waals surface area contributed by atoms with Crippen LogP contribution in [0.3, 0.4) is 0 Å². The van der Waals surface area contributed by atoms with Gasteiger partial charge in [-0.2, -0.15) is 0 Å². The molecule has 0 heterocycles. The first-order valence-corrected chi connectivity index (χ1v) is 8.22. The average Bonchev–Trinajstić information content (AvgIpc) is 3.40. The topological polar surface area (TPSA) is 58.2 Å². The summed E-state index contributed by atoms with van der Waals surface area (Å²) < 4.78 is 39.9. The summed E-state index contributed by atoms with van der Waals surface area (Å²) in [6.07, 6.45) is 0.711. The highest BCUT2D eigenvalue weighted by molar-refractivity contribution is 5.99. The van der Waals surface area contributed by atoms with Crippen molar-refractivity contribution < 1.29 is 22.8 Å².